The van der Waals surface area contributed by atoms with Crippen LogP contribution >= 0.6 is 0 Å². The molecule has 12 unspecified atom stereocenters. The quantitative estimate of drug-likeness (QED) is 0.149. The van der Waals surface area contributed by atoms with Gasteiger partial charge in [-0.25, -0.2) is 0 Å². The fourth-order valence-electron chi connectivity index (χ4n) is 23.4. The summed E-state index contributed by atoms with van der Waals surface area (Å²) in [6.45, 7) is 36.1. The molecular formula is C102H179N7Y-2. The van der Waals surface area contributed by atoms with Gasteiger partial charge in [0.25, 0.3) is 0 Å². The molecule has 4 bridgehead atoms. The molecule has 627 valence electrons. The number of rotatable bonds is 3. The van der Waals surface area contributed by atoms with Gasteiger partial charge in [0.05, 0.1) is 0 Å². The van der Waals surface area contributed by atoms with Crippen LogP contribution in [0.2, 0.25) is 0 Å². The van der Waals surface area contributed by atoms with E-state index < -0.39 is 0 Å². The van der Waals surface area contributed by atoms with Crippen LogP contribution in [0, 0.1) is 64.6 Å². The molecule has 6 aliphatic heterocycles. The van der Waals surface area contributed by atoms with Crippen LogP contribution in [0.15, 0.2) is 109 Å². The molecule has 0 aromatic heterocycles. The maximum absolute atomic E-state index is 3.87. The van der Waals surface area contributed by atoms with Crippen molar-refractivity contribution in [2.45, 2.75) is 330 Å². The molecule has 11 fully saturated rings. The first kappa shape index (κ1) is 104. The molecular weight excluding hydrogens is 1410 g/mol. The molecule has 0 amide bonds. The van der Waals surface area contributed by atoms with Crippen LogP contribution in [0.3, 0.4) is 0 Å². The van der Waals surface area contributed by atoms with E-state index in [1.165, 1.54) is 248 Å². The van der Waals surface area contributed by atoms with Gasteiger partial charge < -0.3 is 37.8 Å². The second-order valence-corrected chi connectivity index (χ2v) is 36.0. The van der Waals surface area contributed by atoms with E-state index in [9.17, 15) is 0 Å². The van der Waals surface area contributed by atoms with Crippen molar-refractivity contribution in [3.63, 3.8) is 0 Å². The van der Waals surface area contributed by atoms with Crippen molar-refractivity contribution in [2.75, 3.05) is 102 Å². The molecule has 4 aromatic carbocycles. The summed E-state index contributed by atoms with van der Waals surface area (Å²) in [5, 5.41) is 0. The standard InChI is InChI=1S/C15H27N.C15H15N.2C13H17N.C12H19N.C11H21N.C9H17N.C4H10.2C2H6.6CH4.Y/c1-14(2)10-15(3)8-7-12(14)11-6-5-9-16(4)13(11)15;1-16-10-12-6-2-4-8-14(12)15-9-5-3-7-13(15)11-16;1-14-8-4-6-11-9-10-5-2-3-7-12(10)13(11)14;1-14-8-4-7-12-11-6-3-2-5-10(11)9-13(12)14;1-13-6-2-5-12(9-13)8-10-3-4-11(12)7-10;1-12-9-5-8-11(10-12)6-3-2-4-7-11;1-3-10(2)9-7-5-4-6-8-9;1-3-4-2;2*1-2;;;;;;;/h11-13H,5-10H2,1-4H3;2-9H,10-11H2,1H3;2-3,5,7,11,13H,4,6,8-9H2,1H3;2-3,5-6,12-13H,4,7-9H2,1H3;3-4,10-11H,2,5-9H2,1H3;2-10H2,1H3;7,9H,1,3-6,8H2,2H3;3-4H2,1-2H3;2*1-2H3;6*1H4;/q;;;;;;-2;;;;;;;;;;. The second-order valence-electron chi connectivity index (χ2n) is 36.0. The summed E-state index contributed by atoms with van der Waals surface area (Å²) < 4.78 is 0. The van der Waals surface area contributed by atoms with E-state index in [1.807, 2.05) is 27.7 Å². The number of likely N-dealkylation sites (tertiary alicyclic amines) is 5. The van der Waals surface area contributed by atoms with E-state index >= 15 is 0 Å². The number of piperidine rings is 5. The van der Waals surface area contributed by atoms with Gasteiger partial charge in [0.1, 0.15) is 0 Å². The van der Waals surface area contributed by atoms with Gasteiger partial charge in [-0.05, 0) is 300 Å². The van der Waals surface area contributed by atoms with Gasteiger partial charge in [0, 0.05) is 82.9 Å². The van der Waals surface area contributed by atoms with Crippen LogP contribution in [0.1, 0.15) is 319 Å². The van der Waals surface area contributed by atoms with Crippen LogP contribution in [0.4, 0.5) is 0 Å². The molecule has 19 rings (SSSR count). The van der Waals surface area contributed by atoms with E-state index in [2.05, 4.69) is 241 Å². The van der Waals surface area contributed by atoms with Crippen molar-refractivity contribution in [3.05, 3.63) is 156 Å². The van der Waals surface area contributed by atoms with Crippen LogP contribution in [-0.4, -0.2) is 154 Å². The number of benzene rings is 4. The van der Waals surface area contributed by atoms with Gasteiger partial charge in [-0.1, -0.05) is 267 Å². The number of unbranched alkanes of at least 4 members (excludes halogenated alkanes) is 1. The monoisotopic (exact) mass is 1590 g/mol. The fraction of sp³-hybridized carbons (Fsp3) is 0.725. The zero-order chi connectivity index (χ0) is 73.7. The van der Waals surface area contributed by atoms with Crippen LogP contribution in [0.5, 0.6) is 0 Å². The zero-order valence-corrected chi connectivity index (χ0v) is 72.9. The van der Waals surface area contributed by atoms with E-state index in [4.69, 9.17) is 0 Å². The Hall–Kier alpha value is -2.56. The topological polar surface area (TPSA) is 22.7 Å². The molecule has 2 spiro atoms. The Balaban J connectivity index is 0.000000426. The van der Waals surface area contributed by atoms with Gasteiger partial charge >= 0.3 is 0 Å². The SMILES string of the molecule is C.C.C.C.C.C.CC.CC.CCCC.CN1CCCC2(CC3C=CC2C3)C1.CN1CCCC2(CCCCC2)C1.CN1CCCC2C3CCC(C)(CC3(C)C)C21.CN1CCCC2Cc3ccccc3C21.CN1CCCC2c3ccccc3CC21.CN1Cc2ccccc2-c2ccccc2C1.[CH2-]CN(C)C1[CH-]CCCC1.[Y]. The third-order valence-electron chi connectivity index (χ3n) is 28.1. The largest absolute Gasteiger partial charge is 0.362 e. The number of fused-ring (bicyclic) bond motifs is 14. The summed E-state index contributed by atoms with van der Waals surface area (Å²) in [6.07, 6.45) is 47.3. The smallest absolute Gasteiger partial charge is 0.0379 e. The minimum Gasteiger partial charge on any atom is -0.362 e. The fourth-order valence-corrected chi connectivity index (χ4v) is 23.4. The van der Waals surface area contributed by atoms with Crippen molar-refractivity contribution in [2.24, 2.45) is 51.2 Å². The van der Waals surface area contributed by atoms with Crippen molar-refractivity contribution in [1.29, 1.82) is 0 Å². The average Bonchev–Trinajstić information content (AvgIpc) is 1.16. The first-order chi connectivity index (χ1) is 49.9. The molecule has 15 aliphatic rings. The van der Waals surface area contributed by atoms with Gasteiger partial charge in [0.2, 0.25) is 0 Å². The number of hydrogen-bond donors (Lipinski definition) is 0. The van der Waals surface area contributed by atoms with Gasteiger partial charge in [-0.2, -0.15) is 6.42 Å². The van der Waals surface area contributed by atoms with E-state index in [0.717, 1.165) is 78.7 Å². The summed E-state index contributed by atoms with van der Waals surface area (Å²) in [4.78, 5) is 17.5. The Bertz CT molecular complexity index is 3070. The molecule has 5 saturated heterocycles. The Morgan fingerprint density at radius 1 is 0.509 bits per heavy atom. The van der Waals surface area contributed by atoms with Crippen LogP contribution < -0.4 is 0 Å². The number of hydrogen-bond acceptors (Lipinski definition) is 7. The predicted octanol–water partition coefficient (Wildman–Crippen LogP) is 26.4. The number of allylic oxidation sites excluding steroid dienone is 2. The Kier molecular flexibility index (Phi) is 47.3. The first-order valence-corrected chi connectivity index (χ1v) is 43.3. The van der Waals surface area contributed by atoms with Crippen molar-refractivity contribution in [3.8, 4) is 11.1 Å². The van der Waals surface area contributed by atoms with Crippen molar-refractivity contribution in [1.82, 2.24) is 34.3 Å². The normalized spacial score (nSPS) is 29.7. The third-order valence-corrected chi connectivity index (χ3v) is 28.1. The summed E-state index contributed by atoms with van der Waals surface area (Å²) >= 11 is 0. The summed E-state index contributed by atoms with van der Waals surface area (Å²) in [6, 6.07) is 38.5. The Labute approximate surface area is 711 Å². The summed E-state index contributed by atoms with van der Waals surface area (Å²) in [5.41, 5.74) is 14.7. The first-order valence-electron chi connectivity index (χ1n) is 43.3. The molecule has 7 nitrogen and oxygen atoms in total. The molecule has 9 aliphatic carbocycles. The molecule has 6 heterocycles. The number of likely N-dealkylation sites (N-methyl/N-ethyl adjacent to an activating group) is 1. The minimum absolute atomic E-state index is 0. The maximum atomic E-state index is 3.87. The molecule has 1 radical (unpaired) electrons. The van der Waals surface area contributed by atoms with E-state index in [-0.39, 0.29) is 77.3 Å². The Morgan fingerprint density at radius 2 is 1.05 bits per heavy atom. The molecule has 0 N–H and O–H groups in total. The van der Waals surface area contributed by atoms with Gasteiger partial charge in [-0.15, -0.1) is 12.6 Å². The Morgan fingerprint density at radius 3 is 1.60 bits per heavy atom. The molecule has 6 saturated carbocycles. The molecule has 8 heteroatoms. The maximum Gasteiger partial charge on any atom is 0.0379 e. The third kappa shape index (κ3) is 26.5. The second kappa shape index (κ2) is 50.3. The summed E-state index contributed by atoms with van der Waals surface area (Å²) in [5.74, 6) is 5.59. The average molecular weight is 1590 g/mol. The van der Waals surface area contributed by atoms with E-state index in [1.54, 1.807) is 22.3 Å². The molecule has 4 aromatic rings. The van der Waals surface area contributed by atoms with Crippen molar-refractivity contribution >= 4 is 0 Å². The summed E-state index contributed by atoms with van der Waals surface area (Å²) in [7, 11) is 15.8. The zero-order valence-electron chi connectivity index (χ0n) is 70.0. The number of nitrogens with zero attached hydrogens (tertiary/aromatic N) is 7. The predicted molar refractivity (Wildman–Crippen MR) is 487 cm³/mol. The van der Waals surface area contributed by atoms with Gasteiger partial charge in [-0.3, -0.25) is 9.80 Å². The minimum atomic E-state index is 0. The van der Waals surface area contributed by atoms with Crippen molar-refractivity contribution < 1.29 is 32.7 Å². The molecule has 110 heavy (non-hydrogen) atoms. The van der Waals surface area contributed by atoms with E-state index in [0.29, 0.717) is 22.3 Å². The molecule has 12 atom stereocenters. The van der Waals surface area contributed by atoms with Crippen LogP contribution in [0.25, 0.3) is 11.1 Å². The van der Waals surface area contributed by atoms with Crippen LogP contribution in [-0.2, 0) is 58.6 Å². The van der Waals surface area contributed by atoms with Gasteiger partial charge in [0.15, 0.2) is 0 Å².